The monoisotopic (exact) mass is 971 g/mol. The predicted molar refractivity (Wildman–Crippen MR) is 275 cm³/mol. The van der Waals surface area contributed by atoms with Crippen molar-refractivity contribution in [1.82, 2.24) is 10.2 Å². The van der Waals surface area contributed by atoms with Crippen molar-refractivity contribution in [1.29, 1.82) is 0 Å². The van der Waals surface area contributed by atoms with E-state index in [0.717, 1.165) is 96.3 Å². The number of carbonyl (C=O) groups excluding carboxylic acids is 5. The van der Waals surface area contributed by atoms with Crippen molar-refractivity contribution in [3.05, 3.63) is 0 Å². The van der Waals surface area contributed by atoms with Crippen molar-refractivity contribution in [2.24, 2.45) is 17.8 Å². The number of esters is 4. The number of hydrogen-bond acceptors (Lipinski definition) is 10. The number of amides is 1. The first-order valence-corrected chi connectivity index (χ1v) is 28.2. The fourth-order valence-electron chi connectivity index (χ4n) is 8.42. The third kappa shape index (κ3) is 39.1. The average molecular weight is 972 g/mol. The molecule has 0 aromatic carbocycles. The van der Waals surface area contributed by atoms with Crippen molar-refractivity contribution in [3.8, 4) is 0 Å². The number of unbranched alkanes of at least 4 members (excludes halogenated alkanes) is 22. The molecule has 0 aliphatic carbocycles. The topological polar surface area (TPSA) is 146 Å². The van der Waals surface area contributed by atoms with Crippen LogP contribution in [0.4, 0.5) is 0 Å². The Morgan fingerprint density at radius 2 is 0.731 bits per heavy atom. The molecule has 0 saturated heterocycles. The van der Waals surface area contributed by atoms with Gasteiger partial charge >= 0.3 is 23.9 Å². The van der Waals surface area contributed by atoms with Gasteiger partial charge in [-0.3, -0.25) is 19.2 Å². The average Bonchev–Trinajstić information content (AvgIpc) is 3.31. The highest BCUT2D eigenvalue weighted by Gasteiger charge is 2.28. The summed E-state index contributed by atoms with van der Waals surface area (Å²) < 4.78 is 22.5. The van der Waals surface area contributed by atoms with Crippen LogP contribution >= 0.6 is 11.8 Å². The van der Waals surface area contributed by atoms with Crippen LogP contribution in [0.1, 0.15) is 266 Å². The van der Waals surface area contributed by atoms with E-state index in [1.165, 1.54) is 96.3 Å². The molecule has 0 radical (unpaired) electrons. The number of ether oxygens (including phenoxy) is 4. The molecular weight excluding hydrogens is 868 g/mol. The lowest BCUT2D eigenvalue weighted by molar-refractivity contribution is -0.150. The van der Waals surface area contributed by atoms with Crippen LogP contribution in [0.25, 0.3) is 0 Å². The number of nitrogens with one attached hydrogen (secondary N) is 2. The molecule has 0 aromatic heterocycles. The third-order valence-electron chi connectivity index (χ3n) is 12.8. The maximum atomic E-state index is 13.2. The molecule has 4 atom stereocenters. The Balaban J connectivity index is 4.75. The van der Waals surface area contributed by atoms with E-state index in [4.69, 9.17) is 30.7 Å². The van der Waals surface area contributed by atoms with Crippen LogP contribution in [-0.2, 0) is 42.9 Å². The number of hydrogen-bond donors (Lipinski definition) is 2. The van der Waals surface area contributed by atoms with Gasteiger partial charge in [0, 0.05) is 6.42 Å². The van der Waals surface area contributed by atoms with Crippen LogP contribution in [0.5, 0.6) is 0 Å². The Kier molecular flexibility index (Phi) is 45.6. The molecule has 0 rings (SSSR count). The summed E-state index contributed by atoms with van der Waals surface area (Å²) in [6.07, 6.45) is 34.0. The lowest BCUT2D eigenvalue weighted by Gasteiger charge is -2.22. The molecule has 0 aromatic rings. The highest BCUT2D eigenvalue weighted by molar-refractivity contribution is 6.15. The largest absolute Gasteiger partial charge is 0.466 e. The quantitative estimate of drug-likeness (QED) is 0.0261. The van der Waals surface area contributed by atoms with E-state index in [1.54, 1.807) is 0 Å². The van der Waals surface area contributed by atoms with Crippen molar-refractivity contribution in [2.75, 3.05) is 26.4 Å². The standard InChI is InChI=1S/C55H103ClN2O9/c1-7-11-15-19-21-29-37-47(35-27-17-13-9-3)53(61)65-42-32-24-23-31-41-64-51(59)40-39-49(57-52(60)50(58-56)45-46(5)6)55(63)67-44-34-26-25-33-43-66-54(62)48(36-28-18-14-10-4)38-30-22-20-16-12-8-2/h46-50,58H,7-45H2,1-6H3,(H,57,60)/t47?,48?,49-,50-/m0/s1. The summed E-state index contributed by atoms with van der Waals surface area (Å²) in [6, 6.07) is -1.75. The highest BCUT2D eigenvalue weighted by atomic mass is 35.5. The Labute approximate surface area is 415 Å². The molecule has 2 N–H and O–H groups in total. The summed E-state index contributed by atoms with van der Waals surface area (Å²) in [6.45, 7) is 14.0. The molecule has 0 bridgehead atoms. The second-order valence-corrected chi connectivity index (χ2v) is 19.9. The first kappa shape index (κ1) is 64.6. The zero-order chi connectivity index (χ0) is 49.6. The molecule has 0 spiro atoms. The van der Waals surface area contributed by atoms with Crippen LogP contribution in [-0.4, -0.2) is 68.3 Å². The minimum absolute atomic E-state index is 0.00124. The molecule has 0 aliphatic heterocycles. The molecule has 1 amide bonds. The van der Waals surface area contributed by atoms with E-state index >= 15 is 0 Å². The molecule has 0 heterocycles. The van der Waals surface area contributed by atoms with E-state index in [-0.39, 0.29) is 55.7 Å². The van der Waals surface area contributed by atoms with Gasteiger partial charge in [-0.25, -0.2) is 9.63 Å². The van der Waals surface area contributed by atoms with E-state index in [1.807, 2.05) is 13.8 Å². The fourth-order valence-corrected chi connectivity index (χ4v) is 8.61. The Morgan fingerprint density at radius 3 is 1.10 bits per heavy atom. The van der Waals surface area contributed by atoms with Gasteiger partial charge in [0.2, 0.25) is 5.91 Å². The maximum absolute atomic E-state index is 13.2. The highest BCUT2D eigenvalue weighted by Crippen LogP contribution is 2.22. The smallest absolute Gasteiger partial charge is 0.328 e. The number of carbonyl (C=O) groups is 5. The van der Waals surface area contributed by atoms with Gasteiger partial charge in [-0.05, 0) is 108 Å². The summed E-state index contributed by atoms with van der Waals surface area (Å²) >= 11 is 5.90. The SMILES string of the molecule is CCCCCCCCC(CCCCCC)C(=O)OCCCCCCOC(=O)CC[C@H](NC(=O)[C@H](CC(C)C)NCl)C(=O)OCCCCCCOC(=O)C(CCCCCC)CCCCCCCC. The van der Waals surface area contributed by atoms with Gasteiger partial charge < -0.3 is 24.3 Å². The van der Waals surface area contributed by atoms with Gasteiger partial charge in [0.1, 0.15) is 12.1 Å². The summed E-state index contributed by atoms with van der Waals surface area (Å²) in [5.74, 6) is -1.42. The molecular formula is C55H103ClN2O9. The minimum atomic E-state index is -1.03. The summed E-state index contributed by atoms with van der Waals surface area (Å²) in [5.41, 5.74) is 0. The summed E-state index contributed by atoms with van der Waals surface area (Å²) in [4.78, 5) is 67.5. The molecule has 0 saturated carbocycles. The fraction of sp³-hybridized carbons (Fsp3) is 0.909. The lowest BCUT2D eigenvalue weighted by atomic mass is 9.94. The minimum Gasteiger partial charge on any atom is -0.466 e. The van der Waals surface area contributed by atoms with Crippen molar-refractivity contribution < 1.29 is 42.9 Å². The predicted octanol–water partition coefficient (Wildman–Crippen LogP) is 14.4. The summed E-state index contributed by atoms with van der Waals surface area (Å²) in [7, 11) is 0. The van der Waals surface area contributed by atoms with Crippen LogP contribution in [0.3, 0.4) is 0 Å². The van der Waals surface area contributed by atoms with Crippen molar-refractivity contribution >= 4 is 41.6 Å². The Morgan fingerprint density at radius 1 is 0.403 bits per heavy atom. The molecule has 2 unspecified atom stereocenters. The lowest BCUT2D eigenvalue weighted by Crippen LogP contribution is -2.49. The second kappa shape index (κ2) is 47.3. The molecule has 67 heavy (non-hydrogen) atoms. The van der Waals surface area contributed by atoms with Gasteiger partial charge in [0.15, 0.2) is 0 Å². The summed E-state index contributed by atoms with van der Waals surface area (Å²) in [5, 5.41) is 2.75. The molecule has 12 heteroatoms. The van der Waals surface area contributed by atoms with E-state index in [2.05, 4.69) is 37.8 Å². The van der Waals surface area contributed by atoms with Gasteiger partial charge in [0.25, 0.3) is 0 Å². The normalized spacial score (nSPS) is 13.2. The number of rotatable bonds is 49. The van der Waals surface area contributed by atoms with Crippen LogP contribution in [0.15, 0.2) is 0 Å². The van der Waals surface area contributed by atoms with E-state index < -0.39 is 29.9 Å². The van der Waals surface area contributed by atoms with Crippen molar-refractivity contribution in [2.45, 2.75) is 278 Å². The van der Waals surface area contributed by atoms with Gasteiger partial charge in [0.05, 0.1) is 38.3 Å². The zero-order valence-electron chi connectivity index (χ0n) is 44.0. The van der Waals surface area contributed by atoms with Crippen LogP contribution in [0, 0.1) is 17.8 Å². The van der Waals surface area contributed by atoms with Gasteiger partial charge in [-0.2, -0.15) is 0 Å². The van der Waals surface area contributed by atoms with Crippen molar-refractivity contribution in [3.63, 3.8) is 0 Å². The van der Waals surface area contributed by atoms with Gasteiger partial charge in [-0.15, -0.1) is 0 Å². The van der Waals surface area contributed by atoms with Crippen LogP contribution < -0.4 is 10.2 Å². The Hall–Kier alpha value is -2.40. The van der Waals surface area contributed by atoms with Crippen LogP contribution in [0.2, 0.25) is 0 Å². The molecule has 0 aliphatic rings. The second-order valence-electron chi connectivity index (χ2n) is 19.6. The van der Waals surface area contributed by atoms with E-state index in [0.29, 0.717) is 32.5 Å². The first-order chi connectivity index (χ1) is 32.5. The van der Waals surface area contributed by atoms with E-state index in [9.17, 15) is 24.0 Å². The maximum Gasteiger partial charge on any atom is 0.328 e. The zero-order valence-corrected chi connectivity index (χ0v) is 44.8. The first-order valence-electron chi connectivity index (χ1n) is 27.9. The molecule has 394 valence electrons. The third-order valence-corrected chi connectivity index (χ3v) is 13.0. The number of halogens is 1. The molecule has 11 nitrogen and oxygen atoms in total. The molecule has 0 fully saturated rings. The van der Waals surface area contributed by atoms with Gasteiger partial charge in [-0.1, -0.05) is 170 Å². The Bertz CT molecular complexity index is 1200.